The zero-order chi connectivity index (χ0) is 12.2. The van der Waals surface area contributed by atoms with Gasteiger partial charge in [0.05, 0.1) is 11.5 Å². The molecule has 1 heterocycles. The van der Waals surface area contributed by atoms with E-state index in [2.05, 4.69) is 4.74 Å². The average Bonchev–Trinajstić information content (AvgIpc) is 2.69. The molecule has 0 saturated carbocycles. The lowest BCUT2D eigenvalue weighted by molar-refractivity contribution is -0.499. The number of ether oxygens (including phenoxy) is 1. The van der Waals surface area contributed by atoms with Gasteiger partial charge in [0.25, 0.3) is 5.60 Å². The second-order valence-electron chi connectivity index (χ2n) is 3.05. The van der Waals surface area contributed by atoms with Crippen molar-refractivity contribution in [2.45, 2.75) is 12.5 Å². The van der Waals surface area contributed by atoms with Crippen LogP contribution in [0.2, 0.25) is 0 Å². The lowest BCUT2D eigenvalue weighted by Crippen LogP contribution is -2.42. The van der Waals surface area contributed by atoms with Gasteiger partial charge in [0.1, 0.15) is 0 Å². The molecule has 1 atom stereocenters. The van der Waals surface area contributed by atoms with Crippen LogP contribution in [-0.4, -0.2) is 29.2 Å². The molecule has 0 aliphatic rings. The molecule has 0 saturated heterocycles. The summed E-state index contributed by atoms with van der Waals surface area (Å²) >= 11 is 1.07. The molecule has 0 aliphatic heterocycles. The molecule has 16 heavy (non-hydrogen) atoms. The molecule has 0 spiro atoms. The van der Waals surface area contributed by atoms with Crippen molar-refractivity contribution in [3.63, 3.8) is 0 Å². The standard InChI is InChI=1S/C9H11NO5S/c1-2-15-8(11)9(12,6-10(13)14)7-4-3-5-16-7/h3-5,12H,2,6H2,1H3/t9-/m0/s1. The first-order chi connectivity index (χ1) is 7.50. The Morgan fingerprint density at radius 1 is 1.75 bits per heavy atom. The second-order valence-corrected chi connectivity index (χ2v) is 4.00. The van der Waals surface area contributed by atoms with Crippen molar-refractivity contribution in [1.82, 2.24) is 0 Å². The van der Waals surface area contributed by atoms with Crippen molar-refractivity contribution in [3.05, 3.63) is 32.5 Å². The summed E-state index contributed by atoms with van der Waals surface area (Å²) in [6.45, 7) is 0.732. The number of carbonyl (C=O) groups excluding carboxylic acids is 1. The minimum atomic E-state index is -2.19. The first-order valence-corrected chi connectivity index (χ1v) is 5.44. The summed E-state index contributed by atoms with van der Waals surface area (Å²) < 4.78 is 4.65. The summed E-state index contributed by atoms with van der Waals surface area (Å²) in [7, 11) is 0. The van der Waals surface area contributed by atoms with Gasteiger partial charge in [-0.2, -0.15) is 0 Å². The Bertz CT molecular complexity index is 377. The molecule has 88 valence electrons. The Hall–Kier alpha value is -1.47. The molecule has 6 nitrogen and oxygen atoms in total. The van der Waals surface area contributed by atoms with Crippen LogP contribution >= 0.6 is 11.3 Å². The maximum Gasteiger partial charge on any atom is 0.350 e. The minimum Gasteiger partial charge on any atom is -0.463 e. The molecule has 1 rings (SSSR count). The van der Waals surface area contributed by atoms with E-state index in [1.165, 1.54) is 6.07 Å². The first kappa shape index (κ1) is 12.6. The van der Waals surface area contributed by atoms with E-state index >= 15 is 0 Å². The Labute approximate surface area is 95.6 Å². The fourth-order valence-corrected chi connectivity index (χ4v) is 2.00. The SMILES string of the molecule is CCOC(=O)[C@](O)(C[N+](=O)[O-])c1cccs1. The zero-order valence-electron chi connectivity index (χ0n) is 8.58. The summed E-state index contributed by atoms with van der Waals surface area (Å²) in [4.78, 5) is 21.5. The normalized spacial score (nSPS) is 14.1. The first-order valence-electron chi connectivity index (χ1n) is 4.56. The van der Waals surface area contributed by atoms with Gasteiger partial charge in [-0.15, -0.1) is 11.3 Å². The predicted octanol–water partition coefficient (Wildman–Crippen LogP) is 0.776. The third-order valence-corrected chi connectivity index (χ3v) is 2.92. The number of rotatable bonds is 5. The van der Waals surface area contributed by atoms with Gasteiger partial charge in [0.15, 0.2) is 0 Å². The van der Waals surface area contributed by atoms with Crippen molar-refractivity contribution >= 4 is 17.3 Å². The fraction of sp³-hybridized carbons (Fsp3) is 0.444. The number of carbonyl (C=O) groups is 1. The molecule has 0 bridgehead atoms. The quantitative estimate of drug-likeness (QED) is 0.470. The van der Waals surface area contributed by atoms with Gasteiger partial charge in [-0.05, 0) is 18.4 Å². The molecular formula is C9H11NO5S. The van der Waals surface area contributed by atoms with Crippen molar-refractivity contribution in [3.8, 4) is 0 Å². The van der Waals surface area contributed by atoms with Crippen LogP contribution in [0.5, 0.6) is 0 Å². The van der Waals surface area contributed by atoms with E-state index < -0.39 is 23.0 Å². The largest absolute Gasteiger partial charge is 0.463 e. The van der Waals surface area contributed by atoms with Crippen molar-refractivity contribution in [1.29, 1.82) is 0 Å². The van der Waals surface area contributed by atoms with Crippen molar-refractivity contribution in [2.75, 3.05) is 13.2 Å². The van der Waals surface area contributed by atoms with E-state index in [4.69, 9.17) is 0 Å². The van der Waals surface area contributed by atoms with E-state index in [0.29, 0.717) is 0 Å². The smallest absolute Gasteiger partial charge is 0.350 e. The maximum atomic E-state index is 11.5. The van der Waals surface area contributed by atoms with E-state index in [-0.39, 0.29) is 11.5 Å². The number of hydrogen-bond donors (Lipinski definition) is 1. The van der Waals surface area contributed by atoms with Gasteiger partial charge in [-0.1, -0.05) is 6.07 Å². The monoisotopic (exact) mass is 245 g/mol. The van der Waals surface area contributed by atoms with E-state index in [9.17, 15) is 20.0 Å². The van der Waals surface area contributed by atoms with Gasteiger partial charge in [-0.25, -0.2) is 4.79 Å². The highest BCUT2D eigenvalue weighted by Crippen LogP contribution is 2.27. The average molecular weight is 245 g/mol. The molecule has 0 fully saturated rings. The molecule has 0 aromatic carbocycles. The maximum absolute atomic E-state index is 11.5. The number of nitrogens with zero attached hydrogens (tertiary/aromatic N) is 1. The highest BCUT2D eigenvalue weighted by molar-refractivity contribution is 7.10. The Kier molecular flexibility index (Phi) is 3.97. The van der Waals surface area contributed by atoms with Crippen LogP contribution in [0.1, 0.15) is 11.8 Å². The lowest BCUT2D eigenvalue weighted by Gasteiger charge is -2.20. The second kappa shape index (κ2) is 5.04. The van der Waals surface area contributed by atoms with E-state index in [1.54, 1.807) is 18.4 Å². The van der Waals surface area contributed by atoms with Crippen LogP contribution in [0, 0.1) is 10.1 Å². The summed E-state index contributed by atoms with van der Waals surface area (Å²) in [5.41, 5.74) is -2.19. The highest BCUT2D eigenvalue weighted by atomic mass is 32.1. The summed E-state index contributed by atoms with van der Waals surface area (Å²) in [5, 5.41) is 22.1. The van der Waals surface area contributed by atoms with Crippen LogP contribution in [-0.2, 0) is 15.1 Å². The molecule has 0 aliphatic carbocycles. The van der Waals surface area contributed by atoms with Gasteiger partial charge in [-0.3, -0.25) is 10.1 Å². The molecule has 0 unspecified atom stereocenters. The Morgan fingerprint density at radius 2 is 2.44 bits per heavy atom. The minimum absolute atomic E-state index is 0.0598. The van der Waals surface area contributed by atoms with Crippen LogP contribution in [0.15, 0.2) is 17.5 Å². The van der Waals surface area contributed by atoms with Crippen molar-refractivity contribution in [2.24, 2.45) is 0 Å². The van der Waals surface area contributed by atoms with Crippen molar-refractivity contribution < 1.29 is 19.6 Å². The molecule has 1 aromatic heterocycles. The molecule has 1 N–H and O–H groups in total. The third kappa shape index (κ3) is 2.56. The number of esters is 1. The zero-order valence-corrected chi connectivity index (χ0v) is 9.40. The summed E-state index contributed by atoms with van der Waals surface area (Å²) in [5.74, 6) is -0.992. The number of hydrogen-bond acceptors (Lipinski definition) is 6. The van der Waals surface area contributed by atoms with Gasteiger partial charge in [0.2, 0.25) is 6.54 Å². The van der Waals surface area contributed by atoms with Gasteiger partial charge < -0.3 is 9.84 Å². The van der Waals surface area contributed by atoms with Crippen LogP contribution in [0.25, 0.3) is 0 Å². The van der Waals surface area contributed by atoms with E-state index in [0.717, 1.165) is 11.3 Å². The molecule has 0 radical (unpaired) electrons. The highest BCUT2D eigenvalue weighted by Gasteiger charge is 2.46. The number of nitro groups is 1. The van der Waals surface area contributed by atoms with E-state index in [1.807, 2.05) is 0 Å². The lowest BCUT2D eigenvalue weighted by atomic mass is 10.0. The summed E-state index contributed by atoms with van der Waals surface area (Å²) in [6, 6.07) is 3.06. The fourth-order valence-electron chi connectivity index (χ4n) is 1.19. The van der Waals surface area contributed by atoms with Gasteiger partial charge in [0, 0.05) is 4.92 Å². The van der Waals surface area contributed by atoms with Crippen LogP contribution in [0.4, 0.5) is 0 Å². The molecule has 1 aromatic rings. The number of aliphatic hydroxyl groups is 1. The predicted molar refractivity (Wildman–Crippen MR) is 56.7 cm³/mol. The van der Waals surface area contributed by atoms with Crippen LogP contribution < -0.4 is 0 Å². The van der Waals surface area contributed by atoms with Crippen LogP contribution in [0.3, 0.4) is 0 Å². The van der Waals surface area contributed by atoms with Gasteiger partial charge >= 0.3 is 5.97 Å². The molecule has 7 heteroatoms. The Morgan fingerprint density at radius 3 is 2.88 bits per heavy atom. The summed E-state index contributed by atoms with van der Waals surface area (Å²) in [6.07, 6.45) is 0. The third-order valence-electron chi connectivity index (χ3n) is 1.90. The molecular weight excluding hydrogens is 234 g/mol. The number of thiophene rings is 1. The molecule has 0 amide bonds. The topological polar surface area (TPSA) is 89.7 Å². The Balaban J connectivity index is 3.02.